The monoisotopic (exact) mass is 393 g/mol. The summed E-state index contributed by atoms with van der Waals surface area (Å²) in [5.74, 6) is 0.379. The van der Waals surface area contributed by atoms with Gasteiger partial charge >= 0.3 is 0 Å². The van der Waals surface area contributed by atoms with Gasteiger partial charge in [0.15, 0.2) is 0 Å². The Bertz CT molecular complexity index is 1050. The van der Waals surface area contributed by atoms with Crippen molar-refractivity contribution in [2.75, 3.05) is 0 Å². The van der Waals surface area contributed by atoms with Crippen molar-refractivity contribution in [3.05, 3.63) is 105 Å². The molecule has 0 aliphatic rings. The maximum Gasteiger partial charge on any atom is 0.285 e. The van der Waals surface area contributed by atoms with Gasteiger partial charge in [0.1, 0.15) is 18.9 Å². The highest BCUT2D eigenvalue weighted by Crippen LogP contribution is 2.12. The molecule has 0 atom stereocenters. The van der Waals surface area contributed by atoms with Crippen molar-refractivity contribution >= 4 is 11.6 Å². The molecule has 0 bridgehead atoms. The fourth-order valence-corrected chi connectivity index (χ4v) is 2.60. The van der Waals surface area contributed by atoms with E-state index in [4.69, 9.17) is 4.74 Å². The van der Waals surface area contributed by atoms with Gasteiger partial charge in [-0.15, -0.1) is 0 Å². The summed E-state index contributed by atoms with van der Waals surface area (Å²) >= 11 is 0. The summed E-state index contributed by atoms with van der Waals surface area (Å²) in [4.78, 5) is 34.0. The Morgan fingerprint density at radius 2 is 1.69 bits per heavy atom. The van der Waals surface area contributed by atoms with Crippen LogP contribution < -0.4 is 15.6 Å². The SMILES string of the molecule is O=C(Cn1cc([N+](=O)[O-])ccc1=O)NCc1ccc(COc2ccccc2)cc1. The number of carbonyl (C=O) groups is 1. The van der Waals surface area contributed by atoms with Crippen LogP contribution in [0.2, 0.25) is 0 Å². The molecule has 0 radical (unpaired) electrons. The Hall–Kier alpha value is -3.94. The van der Waals surface area contributed by atoms with Gasteiger partial charge in [-0.05, 0) is 23.3 Å². The number of hydrogen-bond acceptors (Lipinski definition) is 5. The molecule has 0 saturated carbocycles. The average molecular weight is 393 g/mol. The quantitative estimate of drug-likeness (QED) is 0.468. The highest BCUT2D eigenvalue weighted by molar-refractivity contribution is 5.75. The van der Waals surface area contributed by atoms with Gasteiger partial charge in [-0.1, -0.05) is 42.5 Å². The van der Waals surface area contributed by atoms with Crippen molar-refractivity contribution in [3.8, 4) is 5.75 Å². The molecule has 0 fully saturated rings. The van der Waals surface area contributed by atoms with Crippen molar-refractivity contribution in [2.24, 2.45) is 0 Å². The standard InChI is InChI=1S/C21H19N3O5/c25-20(14-23-13-18(24(27)28)10-11-21(23)26)22-12-16-6-8-17(9-7-16)15-29-19-4-2-1-3-5-19/h1-11,13H,12,14-15H2,(H,22,25). The van der Waals surface area contributed by atoms with Gasteiger partial charge in [-0.25, -0.2) is 0 Å². The molecule has 148 valence electrons. The summed E-state index contributed by atoms with van der Waals surface area (Å²) in [6.07, 6.45) is 1.06. The second-order valence-electron chi connectivity index (χ2n) is 6.31. The van der Waals surface area contributed by atoms with Crippen LogP contribution in [0.15, 0.2) is 77.7 Å². The van der Waals surface area contributed by atoms with Gasteiger partial charge in [-0.2, -0.15) is 0 Å². The lowest BCUT2D eigenvalue weighted by molar-refractivity contribution is -0.385. The Kier molecular flexibility index (Phi) is 6.36. The zero-order valence-corrected chi connectivity index (χ0v) is 15.5. The lowest BCUT2D eigenvalue weighted by Gasteiger charge is -2.09. The molecule has 0 unspecified atom stereocenters. The summed E-state index contributed by atoms with van der Waals surface area (Å²) in [7, 11) is 0. The second-order valence-corrected chi connectivity index (χ2v) is 6.31. The van der Waals surface area contributed by atoms with Crippen molar-refractivity contribution in [3.63, 3.8) is 0 Å². The van der Waals surface area contributed by atoms with Crippen LogP contribution in [-0.2, 0) is 24.5 Å². The van der Waals surface area contributed by atoms with E-state index in [0.29, 0.717) is 6.61 Å². The molecular weight excluding hydrogens is 374 g/mol. The van der Waals surface area contributed by atoms with E-state index in [1.54, 1.807) is 0 Å². The summed E-state index contributed by atoms with van der Waals surface area (Å²) in [6.45, 7) is 0.429. The minimum Gasteiger partial charge on any atom is -0.489 e. The average Bonchev–Trinajstić information content (AvgIpc) is 2.73. The highest BCUT2D eigenvalue weighted by atomic mass is 16.6. The Morgan fingerprint density at radius 3 is 2.38 bits per heavy atom. The number of aromatic nitrogens is 1. The maximum absolute atomic E-state index is 12.1. The number of nitrogens with zero attached hydrogens (tertiary/aromatic N) is 2. The summed E-state index contributed by atoms with van der Waals surface area (Å²) in [5.41, 5.74) is 1.15. The van der Waals surface area contributed by atoms with Crippen LogP contribution in [0.3, 0.4) is 0 Å². The van der Waals surface area contributed by atoms with Crippen molar-refractivity contribution < 1.29 is 14.5 Å². The number of carbonyl (C=O) groups excluding carboxylic acids is 1. The topological polar surface area (TPSA) is 103 Å². The van der Waals surface area contributed by atoms with Gasteiger partial charge < -0.3 is 10.1 Å². The van der Waals surface area contributed by atoms with E-state index in [1.165, 1.54) is 0 Å². The van der Waals surface area contributed by atoms with Crippen molar-refractivity contribution in [1.82, 2.24) is 9.88 Å². The zero-order valence-electron chi connectivity index (χ0n) is 15.5. The minimum absolute atomic E-state index is 0.245. The molecule has 3 rings (SSSR count). The third kappa shape index (κ3) is 5.77. The molecule has 0 spiro atoms. The predicted octanol–water partition coefficient (Wildman–Crippen LogP) is 2.65. The Labute approximate surface area is 166 Å². The molecule has 1 heterocycles. The molecular formula is C21H19N3O5. The molecule has 1 amide bonds. The molecule has 2 aromatic carbocycles. The largest absolute Gasteiger partial charge is 0.489 e. The number of pyridine rings is 1. The molecule has 8 heteroatoms. The van der Waals surface area contributed by atoms with E-state index in [2.05, 4.69) is 5.32 Å². The molecule has 29 heavy (non-hydrogen) atoms. The number of hydrogen-bond donors (Lipinski definition) is 1. The number of ether oxygens (including phenoxy) is 1. The van der Waals surface area contributed by atoms with Crippen LogP contribution in [0.1, 0.15) is 11.1 Å². The van der Waals surface area contributed by atoms with E-state index >= 15 is 0 Å². The van der Waals surface area contributed by atoms with Crippen LogP contribution >= 0.6 is 0 Å². The van der Waals surface area contributed by atoms with Gasteiger partial charge in [0.05, 0.1) is 11.1 Å². The first-order chi connectivity index (χ1) is 14.0. The molecule has 3 aromatic rings. The first-order valence-electron chi connectivity index (χ1n) is 8.88. The van der Waals surface area contributed by atoms with E-state index < -0.39 is 16.4 Å². The van der Waals surface area contributed by atoms with E-state index in [9.17, 15) is 19.7 Å². The normalized spacial score (nSPS) is 10.3. The molecule has 8 nitrogen and oxygen atoms in total. The fourth-order valence-electron chi connectivity index (χ4n) is 2.60. The first kappa shape index (κ1) is 19.8. The fraction of sp³-hybridized carbons (Fsp3) is 0.143. The van der Waals surface area contributed by atoms with Crippen LogP contribution in [0, 0.1) is 10.1 Å². The van der Waals surface area contributed by atoms with Crippen LogP contribution in [0.25, 0.3) is 0 Å². The third-order valence-electron chi connectivity index (χ3n) is 4.15. The lowest BCUT2D eigenvalue weighted by atomic mass is 10.1. The van der Waals surface area contributed by atoms with Gasteiger partial charge in [0, 0.05) is 18.7 Å². The number of amides is 1. The summed E-state index contributed by atoms with van der Waals surface area (Å²) in [6, 6.07) is 19.3. The lowest BCUT2D eigenvalue weighted by Crippen LogP contribution is -2.31. The molecule has 0 aliphatic heterocycles. The van der Waals surface area contributed by atoms with Gasteiger partial charge in [-0.3, -0.25) is 24.3 Å². The van der Waals surface area contributed by atoms with Crippen LogP contribution in [0.4, 0.5) is 5.69 Å². The summed E-state index contributed by atoms with van der Waals surface area (Å²) < 4.78 is 6.70. The molecule has 1 aromatic heterocycles. The summed E-state index contributed by atoms with van der Waals surface area (Å²) in [5, 5.41) is 13.5. The maximum atomic E-state index is 12.1. The number of para-hydroxylation sites is 1. The van der Waals surface area contributed by atoms with E-state index in [-0.39, 0.29) is 18.8 Å². The first-order valence-corrected chi connectivity index (χ1v) is 8.88. The highest BCUT2D eigenvalue weighted by Gasteiger charge is 2.10. The molecule has 1 N–H and O–H groups in total. The van der Waals surface area contributed by atoms with Gasteiger partial charge in [0.2, 0.25) is 5.91 Å². The van der Waals surface area contributed by atoms with Crippen molar-refractivity contribution in [1.29, 1.82) is 0 Å². The van der Waals surface area contributed by atoms with E-state index in [0.717, 1.165) is 39.8 Å². The van der Waals surface area contributed by atoms with E-state index in [1.807, 2.05) is 54.6 Å². The molecule has 0 saturated heterocycles. The van der Waals surface area contributed by atoms with Crippen LogP contribution in [-0.4, -0.2) is 15.4 Å². The van der Waals surface area contributed by atoms with Crippen molar-refractivity contribution in [2.45, 2.75) is 19.7 Å². The zero-order chi connectivity index (χ0) is 20.6. The Morgan fingerprint density at radius 1 is 1.00 bits per heavy atom. The minimum atomic E-state index is -0.614. The van der Waals surface area contributed by atoms with Crippen LogP contribution in [0.5, 0.6) is 5.75 Å². The smallest absolute Gasteiger partial charge is 0.285 e. The Balaban J connectivity index is 1.51. The second kappa shape index (κ2) is 9.32. The third-order valence-corrected chi connectivity index (χ3v) is 4.15. The number of nitro groups is 1. The number of rotatable bonds is 8. The van der Waals surface area contributed by atoms with Gasteiger partial charge in [0.25, 0.3) is 11.2 Å². The predicted molar refractivity (Wildman–Crippen MR) is 106 cm³/mol. The number of benzene rings is 2. The molecule has 0 aliphatic carbocycles. The number of nitrogens with one attached hydrogen (secondary N) is 1.